The summed E-state index contributed by atoms with van der Waals surface area (Å²) in [4.78, 5) is 25.7. The SMILES string of the molecule is CCCNC(=O)c1ccccc1NC(=O)CN(c1ccc(CC)cc1)S(=O)(=O)c1ccc(C)cc1. The highest BCUT2D eigenvalue weighted by Crippen LogP contribution is 2.25. The number of anilines is 2. The van der Waals surface area contributed by atoms with Crippen molar-refractivity contribution in [3.63, 3.8) is 0 Å². The molecule has 7 nitrogen and oxygen atoms in total. The predicted molar refractivity (Wildman–Crippen MR) is 139 cm³/mol. The Morgan fingerprint density at radius 1 is 0.886 bits per heavy atom. The van der Waals surface area contributed by atoms with Crippen LogP contribution >= 0.6 is 0 Å². The van der Waals surface area contributed by atoms with Crippen LogP contribution in [0.2, 0.25) is 0 Å². The molecule has 0 saturated heterocycles. The van der Waals surface area contributed by atoms with E-state index in [1.54, 1.807) is 48.5 Å². The summed E-state index contributed by atoms with van der Waals surface area (Å²) in [6, 6.07) is 20.2. The molecule has 3 rings (SSSR count). The van der Waals surface area contributed by atoms with Crippen LogP contribution in [0, 0.1) is 6.92 Å². The maximum Gasteiger partial charge on any atom is 0.264 e. The van der Waals surface area contributed by atoms with Crippen LogP contribution in [0.25, 0.3) is 0 Å². The molecule has 184 valence electrons. The molecule has 0 aliphatic carbocycles. The van der Waals surface area contributed by atoms with Crippen LogP contribution in [0.15, 0.2) is 77.7 Å². The Morgan fingerprint density at radius 2 is 1.54 bits per heavy atom. The van der Waals surface area contributed by atoms with Crippen LogP contribution in [0.5, 0.6) is 0 Å². The number of nitrogens with zero attached hydrogens (tertiary/aromatic N) is 1. The van der Waals surface area contributed by atoms with E-state index in [2.05, 4.69) is 10.6 Å². The van der Waals surface area contributed by atoms with Crippen molar-refractivity contribution in [2.75, 3.05) is 22.7 Å². The molecule has 0 atom stereocenters. The Bertz CT molecular complexity index is 1270. The number of hydrogen-bond donors (Lipinski definition) is 2. The third-order valence-corrected chi connectivity index (χ3v) is 7.30. The van der Waals surface area contributed by atoms with Gasteiger partial charge in [0.25, 0.3) is 15.9 Å². The number of sulfonamides is 1. The second-order valence-electron chi connectivity index (χ2n) is 8.19. The van der Waals surface area contributed by atoms with Crippen molar-refractivity contribution in [3.8, 4) is 0 Å². The van der Waals surface area contributed by atoms with Gasteiger partial charge in [0, 0.05) is 6.54 Å². The van der Waals surface area contributed by atoms with E-state index in [1.165, 1.54) is 12.1 Å². The number of para-hydroxylation sites is 1. The van der Waals surface area contributed by atoms with Crippen LogP contribution in [-0.2, 0) is 21.2 Å². The smallest absolute Gasteiger partial charge is 0.264 e. The van der Waals surface area contributed by atoms with Crippen LogP contribution in [-0.4, -0.2) is 33.3 Å². The Hall–Kier alpha value is -3.65. The summed E-state index contributed by atoms with van der Waals surface area (Å²) in [5, 5.41) is 5.51. The van der Waals surface area contributed by atoms with Gasteiger partial charge < -0.3 is 10.6 Å². The van der Waals surface area contributed by atoms with Crippen molar-refractivity contribution >= 4 is 33.2 Å². The molecule has 2 N–H and O–H groups in total. The molecular formula is C27H31N3O4S. The number of aryl methyl sites for hydroxylation is 2. The van der Waals surface area contributed by atoms with Gasteiger partial charge in [0.15, 0.2) is 0 Å². The summed E-state index contributed by atoms with van der Waals surface area (Å²) in [6.45, 7) is 5.89. The van der Waals surface area contributed by atoms with E-state index >= 15 is 0 Å². The molecule has 0 fully saturated rings. The highest BCUT2D eigenvalue weighted by Gasteiger charge is 2.27. The lowest BCUT2D eigenvalue weighted by Crippen LogP contribution is -2.38. The first-order chi connectivity index (χ1) is 16.8. The number of rotatable bonds is 10. The van der Waals surface area contributed by atoms with Gasteiger partial charge in [-0.2, -0.15) is 0 Å². The topological polar surface area (TPSA) is 95.6 Å². The Labute approximate surface area is 207 Å². The number of carbonyl (C=O) groups is 2. The lowest BCUT2D eigenvalue weighted by Gasteiger charge is -2.24. The zero-order valence-corrected chi connectivity index (χ0v) is 21.1. The standard InChI is InChI=1S/C27H31N3O4S/c1-4-18-28-27(32)24-8-6-7-9-25(24)29-26(31)19-30(22-14-12-21(5-2)13-15-22)35(33,34)23-16-10-20(3)11-17-23/h6-17H,4-5,18-19H2,1-3H3,(H,28,32)(H,29,31). The summed E-state index contributed by atoms with van der Waals surface area (Å²) in [5.74, 6) is -0.863. The van der Waals surface area contributed by atoms with E-state index in [0.29, 0.717) is 23.5 Å². The third kappa shape index (κ3) is 6.48. The first kappa shape index (κ1) is 26.0. The van der Waals surface area contributed by atoms with E-state index in [9.17, 15) is 18.0 Å². The van der Waals surface area contributed by atoms with Crippen LogP contribution in [0.1, 0.15) is 41.8 Å². The normalized spacial score (nSPS) is 11.1. The number of carbonyl (C=O) groups excluding carboxylic acids is 2. The van der Waals surface area contributed by atoms with E-state index in [1.807, 2.05) is 32.9 Å². The van der Waals surface area contributed by atoms with Crippen molar-refractivity contribution < 1.29 is 18.0 Å². The fourth-order valence-electron chi connectivity index (χ4n) is 3.49. The van der Waals surface area contributed by atoms with Crippen LogP contribution in [0.3, 0.4) is 0 Å². The largest absolute Gasteiger partial charge is 0.352 e. The first-order valence-corrected chi connectivity index (χ1v) is 13.1. The van der Waals surface area contributed by atoms with Gasteiger partial charge in [0.2, 0.25) is 5.91 Å². The molecule has 35 heavy (non-hydrogen) atoms. The number of nitrogens with one attached hydrogen (secondary N) is 2. The van der Waals surface area contributed by atoms with Gasteiger partial charge >= 0.3 is 0 Å². The second-order valence-corrected chi connectivity index (χ2v) is 10.1. The van der Waals surface area contributed by atoms with Gasteiger partial charge in [0.1, 0.15) is 6.54 Å². The van der Waals surface area contributed by atoms with E-state index in [4.69, 9.17) is 0 Å². The average Bonchev–Trinajstić information content (AvgIpc) is 2.86. The quantitative estimate of drug-likeness (QED) is 0.434. The van der Waals surface area contributed by atoms with Crippen molar-refractivity contribution in [3.05, 3.63) is 89.5 Å². The van der Waals surface area contributed by atoms with Gasteiger partial charge in [-0.25, -0.2) is 8.42 Å². The van der Waals surface area contributed by atoms with Crippen molar-refractivity contribution in [2.24, 2.45) is 0 Å². The Morgan fingerprint density at radius 3 is 2.17 bits per heavy atom. The van der Waals surface area contributed by atoms with E-state index < -0.39 is 22.5 Å². The van der Waals surface area contributed by atoms with Crippen molar-refractivity contribution in [1.82, 2.24) is 5.32 Å². The second kappa shape index (κ2) is 11.7. The number of hydrogen-bond acceptors (Lipinski definition) is 4. The van der Waals surface area contributed by atoms with Crippen LogP contribution < -0.4 is 14.9 Å². The lowest BCUT2D eigenvalue weighted by atomic mass is 10.1. The third-order valence-electron chi connectivity index (χ3n) is 5.51. The lowest BCUT2D eigenvalue weighted by molar-refractivity contribution is -0.114. The highest BCUT2D eigenvalue weighted by molar-refractivity contribution is 7.92. The molecule has 2 amide bonds. The predicted octanol–water partition coefficient (Wildman–Crippen LogP) is 4.53. The minimum absolute atomic E-state index is 0.0924. The molecule has 0 unspecified atom stereocenters. The van der Waals surface area contributed by atoms with E-state index in [-0.39, 0.29) is 10.8 Å². The molecule has 0 aromatic heterocycles. The fraction of sp³-hybridized carbons (Fsp3) is 0.259. The molecule has 0 spiro atoms. The summed E-state index contributed by atoms with van der Waals surface area (Å²) < 4.78 is 28.2. The molecule has 0 aliphatic rings. The molecule has 0 radical (unpaired) electrons. The van der Waals surface area contributed by atoms with Gasteiger partial charge in [-0.15, -0.1) is 0 Å². The van der Waals surface area contributed by atoms with Gasteiger partial charge in [-0.1, -0.05) is 55.8 Å². The van der Waals surface area contributed by atoms with Crippen LogP contribution in [0.4, 0.5) is 11.4 Å². The summed E-state index contributed by atoms with van der Waals surface area (Å²) in [5.41, 5.74) is 3.00. The molecule has 0 bridgehead atoms. The zero-order chi connectivity index (χ0) is 25.4. The summed E-state index contributed by atoms with van der Waals surface area (Å²) in [7, 11) is -4.02. The maximum absolute atomic E-state index is 13.6. The number of amides is 2. The average molecular weight is 494 g/mol. The minimum Gasteiger partial charge on any atom is -0.352 e. The Kier molecular flexibility index (Phi) is 8.65. The first-order valence-electron chi connectivity index (χ1n) is 11.6. The van der Waals surface area contributed by atoms with E-state index in [0.717, 1.165) is 28.3 Å². The summed E-state index contributed by atoms with van der Waals surface area (Å²) in [6.07, 6.45) is 1.59. The molecule has 0 saturated carbocycles. The molecule has 0 heterocycles. The summed E-state index contributed by atoms with van der Waals surface area (Å²) >= 11 is 0. The highest BCUT2D eigenvalue weighted by atomic mass is 32.2. The van der Waals surface area contributed by atoms with Gasteiger partial charge in [0.05, 0.1) is 21.8 Å². The Balaban J connectivity index is 1.92. The maximum atomic E-state index is 13.6. The number of benzene rings is 3. The van der Waals surface area contributed by atoms with Crippen molar-refractivity contribution in [1.29, 1.82) is 0 Å². The zero-order valence-electron chi connectivity index (χ0n) is 20.2. The van der Waals surface area contributed by atoms with Crippen molar-refractivity contribution in [2.45, 2.75) is 38.5 Å². The molecule has 3 aromatic rings. The molecule has 8 heteroatoms. The minimum atomic E-state index is -4.02. The van der Waals surface area contributed by atoms with Gasteiger partial charge in [-0.05, 0) is 61.7 Å². The molecule has 3 aromatic carbocycles. The van der Waals surface area contributed by atoms with Gasteiger partial charge in [-0.3, -0.25) is 13.9 Å². The molecular weight excluding hydrogens is 462 g/mol. The molecule has 0 aliphatic heterocycles. The fourth-order valence-corrected chi connectivity index (χ4v) is 4.92. The monoisotopic (exact) mass is 493 g/mol.